The van der Waals surface area contributed by atoms with Crippen molar-refractivity contribution >= 4 is 25.8 Å². The molecular formula is C20H20ClNO4S. The molecule has 1 atom stereocenters. The van der Waals surface area contributed by atoms with Crippen molar-refractivity contribution in [3.63, 3.8) is 0 Å². The van der Waals surface area contributed by atoms with Crippen LogP contribution in [0.4, 0.5) is 4.79 Å². The van der Waals surface area contributed by atoms with Gasteiger partial charge in [0.1, 0.15) is 6.61 Å². The lowest BCUT2D eigenvalue weighted by molar-refractivity contribution is 0.107. The lowest BCUT2D eigenvalue weighted by Crippen LogP contribution is -2.31. The molecule has 0 N–H and O–H groups in total. The number of amides is 1. The summed E-state index contributed by atoms with van der Waals surface area (Å²) in [6.07, 6.45) is 0.224. The Morgan fingerprint density at radius 1 is 1.07 bits per heavy atom. The smallest absolute Gasteiger partial charge is 0.409 e. The number of nitrogens with zero attached hydrogens (tertiary/aromatic N) is 1. The van der Waals surface area contributed by atoms with Crippen molar-refractivity contribution in [1.82, 2.24) is 4.90 Å². The third-order valence-corrected chi connectivity index (χ3v) is 6.56. The number of hydrogen-bond donors (Lipinski definition) is 0. The van der Waals surface area contributed by atoms with Crippen LogP contribution in [-0.4, -0.2) is 44.9 Å². The fourth-order valence-electron chi connectivity index (χ4n) is 4.10. The van der Waals surface area contributed by atoms with Gasteiger partial charge in [0.05, 0.1) is 5.75 Å². The Bertz CT molecular complexity index is 930. The van der Waals surface area contributed by atoms with Crippen LogP contribution in [0.25, 0.3) is 11.1 Å². The Morgan fingerprint density at radius 3 is 2.26 bits per heavy atom. The molecule has 1 aliphatic carbocycles. The Labute approximate surface area is 163 Å². The van der Waals surface area contributed by atoms with Gasteiger partial charge < -0.3 is 9.64 Å². The van der Waals surface area contributed by atoms with E-state index in [0.29, 0.717) is 19.5 Å². The van der Waals surface area contributed by atoms with Gasteiger partial charge in [-0.1, -0.05) is 48.5 Å². The summed E-state index contributed by atoms with van der Waals surface area (Å²) >= 11 is 0. The van der Waals surface area contributed by atoms with E-state index in [4.69, 9.17) is 15.4 Å². The van der Waals surface area contributed by atoms with Crippen molar-refractivity contribution in [1.29, 1.82) is 0 Å². The van der Waals surface area contributed by atoms with Crippen LogP contribution in [0, 0.1) is 5.92 Å². The molecule has 1 fully saturated rings. The normalized spacial score (nSPS) is 19.0. The van der Waals surface area contributed by atoms with E-state index in [9.17, 15) is 13.2 Å². The number of carbonyl (C=O) groups excluding carboxylic acids is 1. The molecule has 0 radical (unpaired) electrons. The van der Waals surface area contributed by atoms with Crippen LogP contribution in [-0.2, 0) is 13.8 Å². The molecule has 2 aromatic carbocycles. The summed E-state index contributed by atoms with van der Waals surface area (Å²) in [5.74, 6) is -0.224. The Kier molecular flexibility index (Phi) is 4.86. The van der Waals surface area contributed by atoms with Gasteiger partial charge >= 0.3 is 6.09 Å². The number of carbonyl (C=O) groups is 1. The molecule has 0 spiro atoms. The van der Waals surface area contributed by atoms with E-state index in [1.54, 1.807) is 4.90 Å². The van der Waals surface area contributed by atoms with Crippen LogP contribution in [0.5, 0.6) is 0 Å². The zero-order valence-corrected chi connectivity index (χ0v) is 16.2. The van der Waals surface area contributed by atoms with Crippen molar-refractivity contribution in [3.8, 4) is 11.1 Å². The van der Waals surface area contributed by atoms with E-state index in [1.807, 2.05) is 24.3 Å². The minimum atomic E-state index is -3.56. The highest BCUT2D eigenvalue weighted by atomic mass is 35.7. The maximum atomic E-state index is 12.5. The first-order chi connectivity index (χ1) is 12.9. The molecule has 0 unspecified atom stereocenters. The molecule has 1 heterocycles. The number of fused-ring (bicyclic) bond motifs is 3. The van der Waals surface area contributed by atoms with Crippen molar-refractivity contribution in [2.45, 2.75) is 12.3 Å². The fourth-order valence-corrected chi connectivity index (χ4v) is 5.47. The second kappa shape index (κ2) is 7.17. The molecule has 7 heteroatoms. The zero-order chi connectivity index (χ0) is 19.0. The molecule has 5 nitrogen and oxygen atoms in total. The number of rotatable bonds is 4. The highest BCUT2D eigenvalue weighted by Crippen LogP contribution is 2.44. The van der Waals surface area contributed by atoms with Crippen LogP contribution in [0.2, 0.25) is 0 Å². The van der Waals surface area contributed by atoms with Gasteiger partial charge in [0, 0.05) is 29.7 Å². The zero-order valence-electron chi connectivity index (χ0n) is 14.7. The molecule has 1 aliphatic heterocycles. The predicted octanol–water partition coefficient (Wildman–Crippen LogP) is 3.83. The standard InChI is InChI=1S/C20H20ClNO4S/c21-27(24,25)13-14-9-10-22(11-14)20(23)26-12-19-17-7-3-1-5-15(17)16-6-2-4-8-18(16)19/h1-8,14,19H,9-13H2/t14-/m1/s1. The number of ether oxygens (including phenoxy) is 1. The maximum Gasteiger partial charge on any atom is 0.409 e. The van der Waals surface area contributed by atoms with Crippen molar-refractivity contribution in [3.05, 3.63) is 59.7 Å². The number of likely N-dealkylation sites (tertiary alicyclic amines) is 1. The first-order valence-electron chi connectivity index (χ1n) is 8.94. The summed E-state index contributed by atoms with van der Waals surface area (Å²) in [5.41, 5.74) is 4.70. The topological polar surface area (TPSA) is 63.7 Å². The molecule has 2 aliphatic rings. The minimum absolute atomic E-state index is 0.0166. The van der Waals surface area contributed by atoms with Gasteiger partial charge in [-0.3, -0.25) is 0 Å². The molecule has 27 heavy (non-hydrogen) atoms. The highest BCUT2D eigenvalue weighted by molar-refractivity contribution is 8.13. The lowest BCUT2D eigenvalue weighted by atomic mass is 9.98. The molecule has 0 saturated carbocycles. The van der Waals surface area contributed by atoms with Crippen LogP contribution in [0.15, 0.2) is 48.5 Å². The third-order valence-electron chi connectivity index (χ3n) is 5.31. The molecule has 4 rings (SSSR count). The third kappa shape index (κ3) is 3.82. The highest BCUT2D eigenvalue weighted by Gasteiger charge is 2.32. The van der Waals surface area contributed by atoms with Crippen LogP contribution in [0.1, 0.15) is 23.5 Å². The van der Waals surface area contributed by atoms with Gasteiger partial charge in [0.15, 0.2) is 0 Å². The molecule has 2 aromatic rings. The van der Waals surface area contributed by atoms with E-state index in [-0.39, 0.29) is 24.2 Å². The maximum absolute atomic E-state index is 12.5. The monoisotopic (exact) mass is 405 g/mol. The quantitative estimate of drug-likeness (QED) is 0.725. The van der Waals surface area contributed by atoms with E-state index < -0.39 is 15.1 Å². The van der Waals surface area contributed by atoms with Gasteiger partial charge in [0.2, 0.25) is 9.05 Å². The van der Waals surface area contributed by atoms with Gasteiger partial charge in [-0.25, -0.2) is 13.2 Å². The molecule has 142 valence electrons. The fraction of sp³-hybridized carbons (Fsp3) is 0.350. The summed E-state index contributed by atoms with van der Waals surface area (Å²) in [5, 5.41) is 0. The van der Waals surface area contributed by atoms with E-state index in [0.717, 1.165) is 0 Å². The molecule has 1 amide bonds. The second-order valence-electron chi connectivity index (χ2n) is 7.11. The van der Waals surface area contributed by atoms with Gasteiger partial charge in [-0.15, -0.1) is 0 Å². The molecule has 1 saturated heterocycles. The first kappa shape index (κ1) is 18.3. The SMILES string of the molecule is O=C(OCC1c2ccccc2-c2ccccc21)N1CC[C@@H](CS(=O)(=O)Cl)C1. The van der Waals surface area contributed by atoms with Crippen LogP contribution in [0.3, 0.4) is 0 Å². The van der Waals surface area contributed by atoms with Gasteiger partial charge in [-0.05, 0) is 34.6 Å². The summed E-state index contributed by atoms with van der Waals surface area (Å²) in [6.45, 7) is 1.12. The average molecular weight is 406 g/mol. The summed E-state index contributed by atoms with van der Waals surface area (Å²) in [7, 11) is 1.77. The summed E-state index contributed by atoms with van der Waals surface area (Å²) in [6, 6.07) is 16.4. The Balaban J connectivity index is 1.43. The largest absolute Gasteiger partial charge is 0.448 e. The molecule has 0 bridgehead atoms. The second-order valence-corrected chi connectivity index (χ2v) is 9.93. The molecular weight excluding hydrogens is 386 g/mol. The van der Waals surface area contributed by atoms with Gasteiger partial charge in [-0.2, -0.15) is 0 Å². The number of hydrogen-bond acceptors (Lipinski definition) is 4. The minimum Gasteiger partial charge on any atom is -0.448 e. The summed E-state index contributed by atoms with van der Waals surface area (Å²) in [4.78, 5) is 14.0. The van der Waals surface area contributed by atoms with E-state index in [1.165, 1.54) is 22.3 Å². The van der Waals surface area contributed by atoms with Crippen molar-refractivity contribution < 1.29 is 17.9 Å². The Hall–Kier alpha value is -2.05. The predicted molar refractivity (Wildman–Crippen MR) is 104 cm³/mol. The first-order valence-corrected chi connectivity index (χ1v) is 11.4. The van der Waals surface area contributed by atoms with Crippen LogP contribution >= 0.6 is 10.7 Å². The van der Waals surface area contributed by atoms with Crippen molar-refractivity contribution in [2.24, 2.45) is 5.92 Å². The molecule has 0 aromatic heterocycles. The average Bonchev–Trinajstić information content (AvgIpc) is 3.21. The van der Waals surface area contributed by atoms with Crippen LogP contribution < -0.4 is 0 Å². The summed E-state index contributed by atoms with van der Waals surface area (Å²) < 4.78 is 28.1. The van der Waals surface area contributed by atoms with E-state index in [2.05, 4.69) is 24.3 Å². The number of halogens is 1. The number of benzene rings is 2. The van der Waals surface area contributed by atoms with E-state index >= 15 is 0 Å². The lowest BCUT2D eigenvalue weighted by Gasteiger charge is -2.19. The van der Waals surface area contributed by atoms with Gasteiger partial charge in [0.25, 0.3) is 0 Å². The van der Waals surface area contributed by atoms with Crippen molar-refractivity contribution in [2.75, 3.05) is 25.4 Å². The Morgan fingerprint density at radius 2 is 1.67 bits per heavy atom.